The van der Waals surface area contributed by atoms with Crippen molar-refractivity contribution < 1.29 is 40.0 Å². The van der Waals surface area contributed by atoms with Crippen LogP contribution in [0.25, 0.3) is 0 Å². The van der Waals surface area contributed by atoms with Crippen LogP contribution in [-0.4, -0.2) is 46.0 Å². The van der Waals surface area contributed by atoms with Crippen molar-refractivity contribution in [3.05, 3.63) is 0 Å². The average Bonchev–Trinajstić information content (AvgIpc) is 3.05. The SMILES string of the molecule is CC(C)(CCC[C@@H](CC#CC(O[Si](C)(C)C)(C(F)(F)F)C(F)(F)F)C1CCC2C(=O)CCC[C@@]21C)O[Si](C)(C)C. The second-order valence-electron chi connectivity index (χ2n) is 14.6. The third kappa shape index (κ3) is 8.60. The van der Waals surface area contributed by atoms with Gasteiger partial charge in [-0.05, 0) is 115 Å². The number of hydrogen-bond acceptors (Lipinski definition) is 3. The molecule has 0 aromatic carbocycles. The molecule has 0 heterocycles. The third-order valence-electron chi connectivity index (χ3n) is 8.33. The quantitative estimate of drug-likeness (QED) is 0.140. The van der Waals surface area contributed by atoms with Crippen LogP contribution < -0.4 is 0 Å². The maximum absolute atomic E-state index is 14.0. The molecule has 0 bridgehead atoms. The van der Waals surface area contributed by atoms with E-state index >= 15 is 0 Å². The van der Waals surface area contributed by atoms with Crippen LogP contribution in [0.1, 0.15) is 78.6 Å². The number of fused-ring (bicyclic) bond motifs is 1. The number of hydrogen-bond donors (Lipinski definition) is 0. The van der Waals surface area contributed by atoms with Gasteiger partial charge in [-0.2, -0.15) is 26.3 Å². The normalized spacial score (nSPS) is 25.8. The molecule has 0 aliphatic heterocycles. The minimum absolute atomic E-state index is 0.00107. The van der Waals surface area contributed by atoms with Crippen LogP contribution >= 0.6 is 0 Å². The maximum Gasteiger partial charge on any atom is 0.437 e. The first-order valence-corrected chi connectivity index (χ1v) is 21.2. The van der Waals surface area contributed by atoms with E-state index in [2.05, 4.69) is 32.5 Å². The van der Waals surface area contributed by atoms with E-state index in [4.69, 9.17) is 8.85 Å². The highest BCUT2D eigenvalue weighted by Gasteiger charge is 2.73. The van der Waals surface area contributed by atoms with Crippen molar-refractivity contribution in [1.82, 2.24) is 0 Å². The van der Waals surface area contributed by atoms with Crippen molar-refractivity contribution in [2.75, 3.05) is 0 Å². The summed E-state index contributed by atoms with van der Waals surface area (Å²) < 4.78 is 95.4. The van der Waals surface area contributed by atoms with E-state index in [1.54, 1.807) is 5.92 Å². The molecule has 3 nitrogen and oxygen atoms in total. The summed E-state index contributed by atoms with van der Waals surface area (Å²) in [6, 6.07) is 0. The fourth-order valence-electron chi connectivity index (χ4n) is 7.07. The van der Waals surface area contributed by atoms with Crippen LogP contribution in [0, 0.1) is 35.0 Å². The Labute approximate surface area is 238 Å². The number of ketones is 1. The van der Waals surface area contributed by atoms with Gasteiger partial charge < -0.3 is 8.85 Å². The lowest BCUT2D eigenvalue weighted by atomic mass is 9.61. The zero-order chi connectivity index (χ0) is 31.0. The second-order valence-corrected chi connectivity index (χ2v) is 23.4. The van der Waals surface area contributed by atoms with E-state index in [0.717, 1.165) is 19.3 Å². The molecular formula is C29H48F6O3Si2. The highest BCUT2D eigenvalue weighted by Crippen LogP contribution is 2.58. The topological polar surface area (TPSA) is 35.5 Å². The fourth-order valence-corrected chi connectivity index (χ4v) is 10.0. The Morgan fingerprint density at radius 2 is 1.50 bits per heavy atom. The van der Waals surface area contributed by atoms with Gasteiger partial charge in [0, 0.05) is 18.8 Å². The predicted octanol–water partition coefficient (Wildman–Crippen LogP) is 9.30. The zero-order valence-corrected chi connectivity index (χ0v) is 27.6. The lowest BCUT2D eigenvalue weighted by Crippen LogP contribution is -2.61. The average molecular weight is 615 g/mol. The van der Waals surface area contributed by atoms with Crippen molar-refractivity contribution in [3.8, 4) is 11.8 Å². The van der Waals surface area contributed by atoms with E-state index in [0.29, 0.717) is 32.1 Å². The molecule has 0 amide bonds. The predicted molar refractivity (Wildman–Crippen MR) is 151 cm³/mol. The van der Waals surface area contributed by atoms with Gasteiger partial charge in [0.15, 0.2) is 16.6 Å². The molecule has 40 heavy (non-hydrogen) atoms. The minimum atomic E-state index is -5.74. The van der Waals surface area contributed by atoms with Crippen molar-refractivity contribution in [1.29, 1.82) is 0 Å². The van der Waals surface area contributed by atoms with Crippen molar-refractivity contribution in [2.24, 2.45) is 23.2 Å². The van der Waals surface area contributed by atoms with E-state index in [9.17, 15) is 31.1 Å². The van der Waals surface area contributed by atoms with Gasteiger partial charge in [0.2, 0.25) is 0 Å². The third-order valence-corrected chi connectivity index (χ3v) is 10.4. The standard InChI is InChI=1S/C29H48F6O3Si2/c1-25(2,37-39(4,5)6)18-10-13-21(22-16-17-23-24(36)15-12-19-26(22,23)3)14-11-20-27(28(30,31)32,29(33,34)35)38-40(7,8)9/h21-23H,10,12-19H2,1-9H3/t21-,22?,23?,26+/m0/s1. The summed E-state index contributed by atoms with van der Waals surface area (Å²) in [7, 11) is -5.13. The summed E-state index contributed by atoms with van der Waals surface area (Å²) in [4.78, 5) is 12.7. The van der Waals surface area contributed by atoms with Crippen LogP contribution in [0.3, 0.4) is 0 Å². The van der Waals surface area contributed by atoms with Gasteiger partial charge in [-0.15, -0.1) is 0 Å². The number of halogens is 6. The number of Topliss-reactive ketones (excluding diaryl/α,β-unsaturated/α-hetero) is 1. The Morgan fingerprint density at radius 1 is 0.950 bits per heavy atom. The first-order chi connectivity index (χ1) is 17.8. The molecule has 0 radical (unpaired) electrons. The molecule has 2 unspecified atom stereocenters. The molecule has 232 valence electrons. The van der Waals surface area contributed by atoms with Crippen LogP contribution in [0.5, 0.6) is 0 Å². The summed E-state index contributed by atoms with van der Waals surface area (Å²) in [6.45, 7) is 16.3. The van der Waals surface area contributed by atoms with Gasteiger partial charge in [0.1, 0.15) is 5.78 Å². The monoisotopic (exact) mass is 614 g/mol. The molecule has 2 rings (SSSR count). The molecule has 0 saturated heterocycles. The van der Waals surface area contributed by atoms with E-state index in [1.807, 2.05) is 13.8 Å². The number of rotatable bonds is 10. The van der Waals surface area contributed by atoms with E-state index < -0.39 is 40.2 Å². The molecule has 2 aliphatic rings. The van der Waals surface area contributed by atoms with Gasteiger partial charge in [-0.3, -0.25) is 4.79 Å². The first kappa shape index (κ1) is 35.4. The second kappa shape index (κ2) is 12.0. The summed E-state index contributed by atoms with van der Waals surface area (Å²) in [6.07, 6.45) is -6.04. The lowest BCUT2D eigenvalue weighted by Gasteiger charge is -2.43. The molecule has 11 heteroatoms. The minimum Gasteiger partial charge on any atom is -0.413 e. The van der Waals surface area contributed by atoms with E-state index in [-0.39, 0.29) is 35.4 Å². The number of carbonyl (C=O) groups is 1. The lowest BCUT2D eigenvalue weighted by molar-refractivity contribution is -0.336. The summed E-state index contributed by atoms with van der Waals surface area (Å²) >= 11 is 0. The van der Waals surface area contributed by atoms with Crippen LogP contribution in [0.4, 0.5) is 26.3 Å². The van der Waals surface area contributed by atoms with Crippen LogP contribution in [0.2, 0.25) is 39.3 Å². The van der Waals surface area contributed by atoms with Crippen LogP contribution in [0.15, 0.2) is 0 Å². The summed E-state index contributed by atoms with van der Waals surface area (Å²) in [5.74, 6) is 3.82. The Bertz CT molecular complexity index is 939. The molecule has 4 atom stereocenters. The Balaban J connectivity index is 2.42. The first-order valence-electron chi connectivity index (χ1n) is 14.4. The summed E-state index contributed by atoms with van der Waals surface area (Å²) in [5, 5.41) is 0. The molecule has 2 saturated carbocycles. The highest BCUT2D eigenvalue weighted by atomic mass is 28.4. The van der Waals surface area contributed by atoms with Gasteiger partial charge in [0.05, 0.1) is 5.60 Å². The van der Waals surface area contributed by atoms with Gasteiger partial charge >= 0.3 is 18.0 Å². The molecule has 0 N–H and O–H groups in total. The van der Waals surface area contributed by atoms with Gasteiger partial charge in [0.25, 0.3) is 0 Å². The van der Waals surface area contributed by atoms with Crippen molar-refractivity contribution in [2.45, 2.75) is 141 Å². The largest absolute Gasteiger partial charge is 0.437 e. The van der Waals surface area contributed by atoms with Crippen molar-refractivity contribution >= 4 is 22.4 Å². The molecule has 0 aromatic heterocycles. The van der Waals surface area contributed by atoms with Crippen molar-refractivity contribution in [3.63, 3.8) is 0 Å². The van der Waals surface area contributed by atoms with Gasteiger partial charge in [-0.25, -0.2) is 0 Å². The molecular weight excluding hydrogens is 566 g/mol. The Morgan fingerprint density at radius 3 is 2.00 bits per heavy atom. The molecule has 0 spiro atoms. The van der Waals surface area contributed by atoms with Gasteiger partial charge in [-0.1, -0.05) is 19.3 Å². The molecule has 0 aromatic rings. The maximum atomic E-state index is 14.0. The zero-order valence-electron chi connectivity index (χ0n) is 25.6. The van der Waals surface area contributed by atoms with Crippen LogP contribution in [-0.2, 0) is 13.6 Å². The number of carbonyl (C=O) groups excluding carboxylic acids is 1. The Hall–Kier alpha value is -0.836. The highest BCUT2D eigenvalue weighted by molar-refractivity contribution is 6.70. The fraction of sp³-hybridized carbons (Fsp3) is 0.897. The molecule has 2 fully saturated rings. The smallest absolute Gasteiger partial charge is 0.413 e. The van der Waals surface area contributed by atoms with E-state index in [1.165, 1.54) is 19.6 Å². The molecule has 2 aliphatic carbocycles. The number of alkyl halides is 6. The Kier molecular flexibility index (Phi) is 10.6. The summed E-state index contributed by atoms with van der Waals surface area (Å²) in [5.41, 5.74) is -5.23.